The minimum Gasteiger partial charge on any atom is -0.478 e. The standard InChI is InChI=1S/C9H10N2O3S.ClH/c1-13-9(12)6-4-8(14-3-2-10)15-7(6)5-11;/h4H,2-3,10H2,1H3;1H/p+1. The van der Waals surface area contributed by atoms with Gasteiger partial charge in [-0.15, -0.1) is 12.4 Å². The second-order valence-corrected chi connectivity index (χ2v) is 3.63. The maximum Gasteiger partial charge on any atom is 0.340 e. The summed E-state index contributed by atoms with van der Waals surface area (Å²) in [7, 11) is 1.28. The van der Waals surface area contributed by atoms with Crippen molar-refractivity contribution in [1.82, 2.24) is 0 Å². The molecule has 0 saturated carbocycles. The normalized spacial score (nSPS) is 8.81. The van der Waals surface area contributed by atoms with Crippen molar-refractivity contribution in [3.05, 3.63) is 16.5 Å². The highest BCUT2D eigenvalue weighted by Crippen LogP contribution is 2.28. The molecule has 88 valence electrons. The van der Waals surface area contributed by atoms with E-state index in [0.29, 0.717) is 23.1 Å². The first-order chi connectivity index (χ1) is 7.22. The number of halogens is 1. The fraction of sp³-hybridized carbons (Fsp3) is 0.333. The van der Waals surface area contributed by atoms with E-state index in [9.17, 15) is 4.79 Å². The molecular weight excluding hydrogens is 252 g/mol. The minimum atomic E-state index is -0.521. The average Bonchev–Trinajstić information content (AvgIpc) is 2.68. The molecule has 0 fully saturated rings. The van der Waals surface area contributed by atoms with Crippen molar-refractivity contribution in [2.45, 2.75) is 0 Å². The highest BCUT2D eigenvalue weighted by molar-refractivity contribution is 7.14. The lowest BCUT2D eigenvalue weighted by Gasteiger charge is -1.96. The van der Waals surface area contributed by atoms with Crippen LogP contribution in [-0.4, -0.2) is 26.2 Å². The van der Waals surface area contributed by atoms with E-state index in [0.717, 1.165) is 11.3 Å². The molecule has 0 spiro atoms. The van der Waals surface area contributed by atoms with Crippen LogP contribution in [0.1, 0.15) is 15.2 Å². The number of hydrogen-bond donors (Lipinski definition) is 1. The number of carbonyl (C=O) groups is 1. The Balaban J connectivity index is 0.00000225. The third-order valence-corrected chi connectivity index (χ3v) is 2.56. The highest BCUT2D eigenvalue weighted by Gasteiger charge is 2.17. The molecule has 0 bridgehead atoms. The summed E-state index contributed by atoms with van der Waals surface area (Å²) in [5.41, 5.74) is 3.88. The molecule has 0 aromatic carbocycles. The van der Waals surface area contributed by atoms with Crippen LogP contribution < -0.4 is 10.5 Å². The number of thiophene rings is 1. The van der Waals surface area contributed by atoms with Crippen LogP contribution in [0.15, 0.2) is 6.07 Å². The van der Waals surface area contributed by atoms with Gasteiger partial charge in [-0.05, 0) is 0 Å². The van der Waals surface area contributed by atoms with Crippen LogP contribution in [0.25, 0.3) is 0 Å². The first kappa shape index (κ1) is 14.7. The summed E-state index contributed by atoms with van der Waals surface area (Å²) in [6, 6.07) is 3.45. The van der Waals surface area contributed by atoms with Gasteiger partial charge in [0.2, 0.25) is 0 Å². The smallest absolute Gasteiger partial charge is 0.340 e. The monoisotopic (exact) mass is 263 g/mol. The Morgan fingerprint density at radius 3 is 2.88 bits per heavy atom. The summed E-state index contributed by atoms with van der Waals surface area (Å²) >= 11 is 1.13. The predicted octanol–water partition coefficient (Wildman–Crippen LogP) is 0.449. The van der Waals surface area contributed by atoms with Crippen molar-refractivity contribution in [1.29, 1.82) is 5.26 Å². The molecule has 1 heterocycles. The number of rotatable bonds is 4. The molecule has 3 N–H and O–H groups in total. The minimum absolute atomic E-state index is 0. The van der Waals surface area contributed by atoms with E-state index in [1.165, 1.54) is 13.2 Å². The Labute approximate surface area is 103 Å². The summed E-state index contributed by atoms with van der Waals surface area (Å²) in [5, 5.41) is 9.32. The molecule has 0 aliphatic heterocycles. The molecule has 5 nitrogen and oxygen atoms in total. The van der Waals surface area contributed by atoms with Crippen molar-refractivity contribution < 1.29 is 20.0 Å². The van der Waals surface area contributed by atoms with E-state index in [4.69, 9.17) is 10.00 Å². The van der Waals surface area contributed by atoms with Gasteiger partial charge in [0.1, 0.15) is 24.1 Å². The molecule has 1 aromatic heterocycles. The Bertz CT molecular complexity index is 400. The molecule has 0 aliphatic rings. The van der Waals surface area contributed by atoms with Gasteiger partial charge in [-0.25, -0.2) is 4.79 Å². The Hall–Kier alpha value is -1.29. The van der Waals surface area contributed by atoms with Crippen LogP contribution in [0, 0.1) is 11.3 Å². The Kier molecular flexibility index (Phi) is 6.49. The number of nitriles is 1. The number of esters is 1. The van der Waals surface area contributed by atoms with Gasteiger partial charge in [-0.2, -0.15) is 5.26 Å². The first-order valence-electron chi connectivity index (χ1n) is 4.27. The van der Waals surface area contributed by atoms with Crippen LogP contribution >= 0.6 is 23.7 Å². The van der Waals surface area contributed by atoms with E-state index >= 15 is 0 Å². The molecule has 0 unspecified atom stereocenters. The van der Waals surface area contributed by atoms with E-state index in [2.05, 4.69) is 10.5 Å². The van der Waals surface area contributed by atoms with Crippen LogP contribution in [0.5, 0.6) is 5.06 Å². The van der Waals surface area contributed by atoms with Crippen LogP contribution in [-0.2, 0) is 4.74 Å². The maximum absolute atomic E-state index is 11.2. The fourth-order valence-electron chi connectivity index (χ4n) is 0.957. The molecule has 16 heavy (non-hydrogen) atoms. The number of carbonyl (C=O) groups excluding carboxylic acids is 1. The largest absolute Gasteiger partial charge is 0.478 e. The molecule has 0 saturated heterocycles. The third kappa shape index (κ3) is 3.38. The Morgan fingerprint density at radius 1 is 1.69 bits per heavy atom. The molecule has 0 radical (unpaired) electrons. The number of hydrogen-bond acceptors (Lipinski definition) is 5. The van der Waals surface area contributed by atoms with Crippen LogP contribution in [0.2, 0.25) is 0 Å². The van der Waals surface area contributed by atoms with Crippen molar-refractivity contribution in [3.63, 3.8) is 0 Å². The molecule has 0 aliphatic carbocycles. The quantitative estimate of drug-likeness (QED) is 0.799. The van der Waals surface area contributed by atoms with Gasteiger partial charge < -0.3 is 15.2 Å². The van der Waals surface area contributed by atoms with Crippen molar-refractivity contribution in [3.8, 4) is 11.1 Å². The van der Waals surface area contributed by atoms with Gasteiger partial charge in [0.15, 0.2) is 5.06 Å². The molecule has 1 aromatic rings. The highest BCUT2D eigenvalue weighted by atomic mass is 35.5. The second-order valence-electron chi connectivity index (χ2n) is 2.61. The zero-order chi connectivity index (χ0) is 11.3. The summed E-state index contributed by atoms with van der Waals surface area (Å²) in [4.78, 5) is 11.6. The van der Waals surface area contributed by atoms with E-state index in [-0.39, 0.29) is 18.0 Å². The summed E-state index contributed by atoms with van der Waals surface area (Å²) < 4.78 is 9.82. The van der Waals surface area contributed by atoms with Gasteiger partial charge >= 0.3 is 5.97 Å². The third-order valence-electron chi connectivity index (χ3n) is 1.60. The summed E-state index contributed by atoms with van der Waals surface area (Å²) in [5.74, 6) is -0.521. The topological polar surface area (TPSA) is 87.0 Å². The zero-order valence-electron chi connectivity index (χ0n) is 8.69. The first-order valence-corrected chi connectivity index (χ1v) is 5.08. The van der Waals surface area contributed by atoms with Crippen LogP contribution in [0.3, 0.4) is 0 Å². The van der Waals surface area contributed by atoms with Crippen LogP contribution in [0.4, 0.5) is 0 Å². The number of ether oxygens (including phenoxy) is 2. The number of nitrogens with zero attached hydrogens (tertiary/aromatic N) is 1. The lowest BCUT2D eigenvalue weighted by Crippen LogP contribution is -2.52. The maximum atomic E-state index is 11.2. The average molecular weight is 264 g/mol. The van der Waals surface area contributed by atoms with Gasteiger partial charge in [0.25, 0.3) is 0 Å². The van der Waals surface area contributed by atoms with E-state index in [1.54, 1.807) is 0 Å². The fourth-order valence-corrected chi connectivity index (χ4v) is 1.78. The molecule has 1 rings (SSSR count). The molecule has 0 atom stereocenters. The zero-order valence-corrected chi connectivity index (χ0v) is 10.3. The molecular formula is C9H12ClN2O3S+. The SMILES string of the molecule is COC(=O)c1cc(OCC[NH3+])sc1C#N.Cl. The van der Waals surface area contributed by atoms with Gasteiger partial charge in [-0.3, -0.25) is 0 Å². The summed E-state index contributed by atoms with van der Waals surface area (Å²) in [6.45, 7) is 1.10. The van der Waals surface area contributed by atoms with E-state index < -0.39 is 5.97 Å². The van der Waals surface area contributed by atoms with Crippen molar-refractivity contribution in [2.75, 3.05) is 20.3 Å². The lowest BCUT2D eigenvalue weighted by molar-refractivity contribution is -0.370. The predicted molar refractivity (Wildman–Crippen MR) is 60.9 cm³/mol. The lowest BCUT2D eigenvalue weighted by atomic mass is 10.3. The van der Waals surface area contributed by atoms with Crippen molar-refractivity contribution >= 4 is 29.7 Å². The van der Waals surface area contributed by atoms with Crippen molar-refractivity contribution in [2.24, 2.45) is 0 Å². The molecule has 0 amide bonds. The Morgan fingerprint density at radius 2 is 2.38 bits per heavy atom. The van der Waals surface area contributed by atoms with Gasteiger partial charge in [0, 0.05) is 6.07 Å². The molecule has 7 heteroatoms. The number of quaternary nitrogens is 1. The van der Waals surface area contributed by atoms with E-state index in [1.807, 2.05) is 6.07 Å². The second kappa shape index (κ2) is 7.06. The van der Waals surface area contributed by atoms with Gasteiger partial charge in [-0.1, -0.05) is 11.3 Å². The summed E-state index contributed by atoms with van der Waals surface area (Å²) in [6.07, 6.45) is 0. The van der Waals surface area contributed by atoms with Gasteiger partial charge in [0.05, 0.1) is 12.7 Å². The number of methoxy groups -OCH3 is 1.